The van der Waals surface area contributed by atoms with Crippen LogP contribution in [-0.4, -0.2) is 33.4 Å². The Morgan fingerprint density at radius 1 is 1.07 bits per heavy atom. The van der Waals surface area contributed by atoms with Crippen molar-refractivity contribution in [2.45, 2.75) is 55.1 Å². The van der Waals surface area contributed by atoms with Crippen LogP contribution in [-0.2, 0) is 0 Å². The molecule has 1 aliphatic heterocycles. The van der Waals surface area contributed by atoms with Gasteiger partial charge in [-0.2, -0.15) is 0 Å². The Morgan fingerprint density at radius 3 is 2.43 bits per heavy atom. The fourth-order valence-electron chi connectivity index (χ4n) is 6.44. The average Bonchev–Trinajstić information content (AvgIpc) is 2.66. The van der Waals surface area contributed by atoms with E-state index in [0.29, 0.717) is 23.8 Å². The Labute approximate surface area is 180 Å². The first-order valence-corrected chi connectivity index (χ1v) is 11.0. The largest absolute Gasteiger partial charge is 0.346 e. The molecule has 158 valence electrons. The molecule has 6 rings (SSSR count). The number of amides is 3. The van der Waals surface area contributed by atoms with Gasteiger partial charge < -0.3 is 10.6 Å². The van der Waals surface area contributed by atoms with E-state index in [9.17, 15) is 14.0 Å². The van der Waals surface area contributed by atoms with Crippen molar-refractivity contribution >= 4 is 23.5 Å². The van der Waals surface area contributed by atoms with Crippen LogP contribution < -0.4 is 10.6 Å². The predicted octanol–water partition coefficient (Wildman–Crippen LogP) is 4.31. The lowest BCUT2D eigenvalue weighted by Gasteiger charge is -2.62. The van der Waals surface area contributed by atoms with E-state index in [2.05, 4.69) is 10.6 Å². The van der Waals surface area contributed by atoms with Crippen molar-refractivity contribution in [2.24, 2.45) is 11.8 Å². The van der Waals surface area contributed by atoms with Crippen molar-refractivity contribution in [2.75, 3.05) is 0 Å². The van der Waals surface area contributed by atoms with Gasteiger partial charge in [-0.05, 0) is 80.7 Å². The van der Waals surface area contributed by atoms with E-state index < -0.39 is 11.3 Å². The molecule has 5 nitrogen and oxygen atoms in total. The second-order valence-electron chi connectivity index (χ2n) is 9.42. The van der Waals surface area contributed by atoms with Crippen molar-refractivity contribution < 1.29 is 14.0 Å². The summed E-state index contributed by atoms with van der Waals surface area (Å²) >= 11 is 6.28. The standard InChI is InChI=1S/C23H25ClFN3O2/c24-19-6-1-2-7-28(19)21(30)27-23-12-15-8-16(13-23)11-22(10-15,14-23)26-20(29)17-4-3-5-18(25)9-17/h1-7,9,15-16,19H,8,10-14H2,(H,26,29)(H,27,30). The minimum Gasteiger partial charge on any atom is -0.346 e. The molecule has 5 aliphatic rings. The van der Waals surface area contributed by atoms with Gasteiger partial charge in [-0.15, -0.1) is 0 Å². The van der Waals surface area contributed by atoms with Gasteiger partial charge in [0.1, 0.15) is 11.3 Å². The molecule has 2 N–H and O–H groups in total. The van der Waals surface area contributed by atoms with Gasteiger partial charge in [0, 0.05) is 22.8 Å². The second-order valence-corrected chi connectivity index (χ2v) is 9.87. The molecular formula is C23H25ClFN3O2. The first-order chi connectivity index (χ1) is 14.4. The van der Waals surface area contributed by atoms with Crippen LogP contribution in [0.5, 0.6) is 0 Å². The van der Waals surface area contributed by atoms with E-state index in [1.54, 1.807) is 30.5 Å². The normalized spacial score (nSPS) is 36.1. The molecule has 4 saturated carbocycles. The van der Waals surface area contributed by atoms with Crippen LogP contribution >= 0.6 is 11.6 Å². The molecule has 1 aromatic carbocycles. The van der Waals surface area contributed by atoms with Crippen LogP contribution in [0, 0.1) is 17.7 Å². The average molecular weight is 430 g/mol. The summed E-state index contributed by atoms with van der Waals surface area (Å²) in [7, 11) is 0. The fourth-order valence-corrected chi connectivity index (χ4v) is 6.68. The number of hydrogen-bond donors (Lipinski definition) is 2. The first kappa shape index (κ1) is 19.6. The lowest BCUT2D eigenvalue weighted by molar-refractivity contribution is -0.0441. The van der Waals surface area contributed by atoms with Crippen molar-refractivity contribution in [1.29, 1.82) is 0 Å². The van der Waals surface area contributed by atoms with E-state index in [-0.39, 0.29) is 23.0 Å². The number of rotatable bonds is 3. The molecule has 3 amide bonds. The topological polar surface area (TPSA) is 61.4 Å². The highest BCUT2D eigenvalue weighted by Crippen LogP contribution is 2.57. The van der Waals surface area contributed by atoms with Crippen molar-refractivity contribution in [1.82, 2.24) is 15.5 Å². The Morgan fingerprint density at radius 2 is 1.77 bits per heavy atom. The highest BCUT2D eigenvalue weighted by molar-refractivity contribution is 6.22. The number of urea groups is 1. The quantitative estimate of drug-likeness (QED) is 0.555. The van der Waals surface area contributed by atoms with Crippen molar-refractivity contribution in [3.05, 3.63) is 60.1 Å². The molecule has 4 aliphatic carbocycles. The number of halogens is 2. The maximum atomic E-state index is 13.6. The molecule has 0 radical (unpaired) electrons. The third-order valence-electron chi connectivity index (χ3n) is 7.03. The van der Waals surface area contributed by atoms with Crippen LogP contribution in [0.15, 0.2) is 48.7 Å². The zero-order chi connectivity index (χ0) is 20.9. The first-order valence-electron chi connectivity index (χ1n) is 10.5. The molecule has 7 heteroatoms. The summed E-state index contributed by atoms with van der Waals surface area (Å²) in [6, 6.07) is 5.58. The Bertz CT molecular complexity index is 932. The maximum Gasteiger partial charge on any atom is 0.323 e. The maximum absolute atomic E-state index is 13.6. The van der Waals surface area contributed by atoms with Crippen LogP contribution in [0.4, 0.5) is 9.18 Å². The molecule has 0 spiro atoms. The van der Waals surface area contributed by atoms with Crippen LogP contribution in [0.3, 0.4) is 0 Å². The summed E-state index contributed by atoms with van der Waals surface area (Å²) < 4.78 is 13.6. The molecule has 0 saturated heterocycles. The van der Waals surface area contributed by atoms with Crippen molar-refractivity contribution in [3.63, 3.8) is 0 Å². The summed E-state index contributed by atoms with van der Waals surface area (Å²) in [5.74, 6) is 0.255. The molecular weight excluding hydrogens is 405 g/mol. The van der Waals surface area contributed by atoms with Gasteiger partial charge in [-0.25, -0.2) is 9.18 Å². The van der Waals surface area contributed by atoms with Gasteiger partial charge in [0.25, 0.3) is 5.91 Å². The van der Waals surface area contributed by atoms with Gasteiger partial charge in [-0.1, -0.05) is 23.7 Å². The number of carbonyl (C=O) groups is 2. The minimum absolute atomic E-state index is 0.204. The fraction of sp³-hybridized carbons (Fsp3) is 0.478. The van der Waals surface area contributed by atoms with Gasteiger partial charge in [0.15, 0.2) is 0 Å². The Balaban J connectivity index is 1.36. The van der Waals surface area contributed by atoms with E-state index >= 15 is 0 Å². The zero-order valence-electron chi connectivity index (χ0n) is 16.6. The number of allylic oxidation sites excluding steroid dienone is 2. The predicted molar refractivity (Wildman–Crippen MR) is 112 cm³/mol. The molecule has 1 heterocycles. The minimum atomic E-state index is -0.509. The number of hydrogen-bond acceptors (Lipinski definition) is 2. The number of alkyl halides is 1. The third-order valence-corrected chi connectivity index (χ3v) is 7.38. The smallest absolute Gasteiger partial charge is 0.323 e. The lowest BCUT2D eigenvalue weighted by atomic mass is 9.50. The summed E-state index contributed by atoms with van der Waals surface area (Å²) in [6.45, 7) is 0. The van der Waals surface area contributed by atoms with E-state index in [1.807, 2.05) is 6.08 Å². The molecule has 3 atom stereocenters. The molecule has 4 bridgehead atoms. The van der Waals surface area contributed by atoms with E-state index in [4.69, 9.17) is 11.6 Å². The summed E-state index contributed by atoms with van der Waals surface area (Å²) in [4.78, 5) is 27.4. The SMILES string of the molecule is O=C(NC12CC3CC(C1)CC(NC(=O)N1C=CC=CC1Cl)(C3)C2)c1cccc(F)c1. The van der Waals surface area contributed by atoms with Crippen molar-refractivity contribution in [3.8, 4) is 0 Å². The highest BCUT2D eigenvalue weighted by Gasteiger charge is 2.59. The van der Waals surface area contributed by atoms with Crippen LogP contribution in [0.25, 0.3) is 0 Å². The highest BCUT2D eigenvalue weighted by atomic mass is 35.5. The summed E-state index contributed by atoms with van der Waals surface area (Å²) in [6.07, 6.45) is 12.6. The Kier molecular flexibility index (Phi) is 4.65. The number of nitrogens with one attached hydrogen (secondary N) is 2. The summed E-state index contributed by atoms with van der Waals surface area (Å²) in [5, 5.41) is 6.51. The molecule has 30 heavy (non-hydrogen) atoms. The van der Waals surface area contributed by atoms with Crippen LogP contribution in [0.2, 0.25) is 0 Å². The molecule has 0 aromatic heterocycles. The zero-order valence-corrected chi connectivity index (χ0v) is 17.4. The third kappa shape index (κ3) is 3.51. The van der Waals surface area contributed by atoms with Crippen LogP contribution in [0.1, 0.15) is 48.9 Å². The lowest BCUT2D eigenvalue weighted by Crippen LogP contribution is -2.70. The van der Waals surface area contributed by atoms with Gasteiger partial charge in [0.2, 0.25) is 0 Å². The Hall–Kier alpha value is -2.34. The number of carbonyl (C=O) groups excluding carboxylic acids is 2. The number of nitrogens with zero attached hydrogens (tertiary/aromatic N) is 1. The van der Waals surface area contributed by atoms with E-state index in [1.165, 1.54) is 17.0 Å². The summed E-state index contributed by atoms with van der Waals surface area (Å²) in [5.41, 5.74) is -0.884. The molecule has 1 aromatic rings. The monoisotopic (exact) mass is 429 g/mol. The van der Waals surface area contributed by atoms with Gasteiger partial charge in [-0.3, -0.25) is 9.69 Å². The van der Waals surface area contributed by atoms with Gasteiger partial charge in [0.05, 0.1) is 0 Å². The number of benzene rings is 1. The molecule has 4 fully saturated rings. The van der Waals surface area contributed by atoms with Gasteiger partial charge >= 0.3 is 6.03 Å². The van der Waals surface area contributed by atoms with E-state index in [0.717, 1.165) is 32.1 Å². The second kappa shape index (κ2) is 7.12. The molecule has 3 unspecified atom stereocenters.